The first-order chi connectivity index (χ1) is 11.6. The lowest BCUT2D eigenvalue weighted by molar-refractivity contribution is 0.0673. The van der Waals surface area contributed by atoms with E-state index in [0.717, 1.165) is 12.8 Å². The molecule has 1 fully saturated rings. The van der Waals surface area contributed by atoms with Gasteiger partial charge in [-0.05, 0) is 25.8 Å². The van der Waals surface area contributed by atoms with Crippen LogP contribution in [0.3, 0.4) is 0 Å². The molecule has 0 radical (unpaired) electrons. The molecule has 24 heavy (non-hydrogen) atoms. The zero-order valence-corrected chi connectivity index (χ0v) is 13.2. The number of fused-ring (bicyclic) bond motifs is 1. The number of hydrogen-bond acceptors (Lipinski definition) is 5. The Kier molecular flexibility index (Phi) is 3.44. The summed E-state index contributed by atoms with van der Waals surface area (Å²) in [5, 5.41) is 4.50. The normalized spacial score (nSPS) is 18.2. The highest BCUT2D eigenvalue weighted by Gasteiger charge is 2.30. The van der Waals surface area contributed by atoms with E-state index in [9.17, 15) is 9.59 Å². The largest absolute Gasteiger partial charge is 0.442 e. The summed E-state index contributed by atoms with van der Waals surface area (Å²) in [6.07, 6.45) is 6.78. The summed E-state index contributed by atoms with van der Waals surface area (Å²) in [6, 6.07) is 2.02. The van der Waals surface area contributed by atoms with Crippen molar-refractivity contribution in [2.24, 2.45) is 0 Å². The number of aromatic nitrogens is 4. The van der Waals surface area contributed by atoms with Crippen molar-refractivity contribution in [3.8, 4) is 0 Å². The zero-order chi connectivity index (χ0) is 16.7. The van der Waals surface area contributed by atoms with E-state index < -0.39 is 0 Å². The highest BCUT2D eigenvalue weighted by Crippen LogP contribution is 2.26. The van der Waals surface area contributed by atoms with Gasteiger partial charge in [0.15, 0.2) is 0 Å². The monoisotopic (exact) mass is 327 g/mol. The highest BCUT2D eigenvalue weighted by molar-refractivity contribution is 6.06. The van der Waals surface area contributed by atoms with Gasteiger partial charge >= 0.3 is 0 Å². The number of carbonyl (C=O) groups is 1. The minimum absolute atomic E-state index is 0.146. The molecule has 1 N–H and O–H groups in total. The number of amides is 1. The van der Waals surface area contributed by atoms with Crippen molar-refractivity contribution < 1.29 is 9.21 Å². The maximum Gasteiger partial charge on any atom is 0.262 e. The Morgan fingerprint density at radius 2 is 2.33 bits per heavy atom. The van der Waals surface area contributed by atoms with Crippen LogP contribution in [0.1, 0.15) is 35.0 Å². The van der Waals surface area contributed by atoms with Gasteiger partial charge in [-0.2, -0.15) is 5.10 Å². The van der Waals surface area contributed by atoms with Gasteiger partial charge in [-0.1, -0.05) is 0 Å². The fraction of sp³-hybridized carbons (Fsp3) is 0.375. The van der Waals surface area contributed by atoms with Crippen molar-refractivity contribution in [2.75, 3.05) is 13.1 Å². The van der Waals surface area contributed by atoms with E-state index in [1.165, 1.54) is 6.33 Å². The molecule has 3 aromatic heterocycles. The number of H-pyrrole nitrogens is 1. The maximum absolute atomic E-state index is 13.0. The Labute approximate surface area is 137 Å². The van der Waals surface area contributed by atoms with Crippen LogP contribution in [0, 0.1) is 6.92 Å². The zero-order valence-electron chi connectivity index (χ0n) is 13.2. The Hall–Kier alpha value is -2.90. The van der Waals surface area contributed by atoms with Gasteiger partial charge < -0.3 is 14.3 Å². The van der Waals surface area contributed by atoms with E-state index in [4.69, 9.17) is 4.42 Å². The minimum atomic E-state index is -0.360. The minimum Gasteiger partial charge on any atom is -0.442 e. The molecule has 0 bridgehead atoms. The Bertz CT molecular complexity index is 940. The van der Waals surface area contributed by atoms with Crippen LogP contribution >= 0.6 is 0 Å². The molecule has 4 heterocycles. The second kappa shape index (κ2) is 5.63. The summed E-state index contributed by atoms with van der Waals surface area (Å²) >= 11 is 0. The molecule has 8 heteroatoms. The third-order valence-electron chi connectivity index (χ3n) is 4.47. The Morgan fingerprint density at radius 1 is 1.46 bits per heavy atom. The summed E-state index contributed by atoms with van der Waals surface area (Å²) in [6.45, 7) is 2.90. The smallest absolute Gasteiger partial charge is 0.262 e. The van der Waals surface area contributed by atoms with Crippen LogP contribution in [0.4, 0.5) is 0 Å². The summed E-state index contributed by atoms with van der Waals surface area (Å²) in [5.74, 6) is 0.224. The van der Waals surface area contributed by atoms with Crippen molar-refractivity contribution in [1.82, 2.24) is 24.6 Å². The van der Waals surface area contributed by atoms with Gasteiger partial charge in [0.25, 0.3) is 11.5 Å². The Balaban J connectivity index is 1.69. The van der Waals surface area contributed by atoms with Crippen molar-refractivity contribution in [2.45, 2.75) is 25.8 Å². The molecule has 1 saturated heterocycles. The molecule has 1 atom stereocenters. The van der Waals surface area contributed by atoms with E-state index in [-0.39, 0.29) is 28.6 Å². The second-order valence-corrected chi connectivity index (χ2v) is 5.98. The number of rotatable bonds is 2. The number of likely N-dealkylation sites (tertiary alicyclic amines) is 1. The first kappa shape index (κ1) is 14.7. The number of nitrogens with one attached hydrogen (secondary N) is 1. The molecule has 8 nitrogen and oxygen atoms in total. The lowest BCUT2D eigenvalue weighted by Gasteiger charge is -2.32. The molecule has 1 aliphatic heterocycles. The number of furan rings is 1. The first-order valence-corrected chi connectivity index (χ1v) is 7.90. The SMILES string of the molecule is Cc1oc2nc[nH]c(=O)c2c1C(=O)N1CCCC(n2cccn2)C1. The summed E-state index contributed by atoms with van der Waals surface area (Å²) in [5.41, 5.74) is 0.140. The van der Waals surface area contributed by atoms with Crippen LogP contribution in [0.15, 0.2) is 34.0 Å². The van der Waals surface area contributed by atoms with Crippen molar-refractivity contribution >= 4 is 17.0 Å². The topological polar surface area (TPSA) is 97.0 Å². The van der Waals surface area contributed by atoms with E-state index in [1.807, 2.05) is 16.9 Å². The average Bonchev–Trinajstić information content (AvgIpc) is 3.22. The molecule has 0 spiro atoms. The van der Waals surface area contributed by atoms with Crippen molar-refractivity contribution in [1.29, 1.82) is 0 Å². The fourth-order valence-electron chi connectivity index (χ4n) is 3.32. The van der Waals surface area contributed by atoms with Gasteiger partial charge in [0.05, 0.1) is 17.9 Å². The van der Waals surface area contributed by atoms with Crippen LogP contribution in [-0.2, 0) is 0 Å². The quantitative estimate of drug-likeness (QED) is 0.769. The molecular weight excluding hydrogens is 310 g/mol. The summed E-state index contributed by atoms with van der Waals surface area (Å²) in [4.78, 5) is 33.4. The molecule has 0 aliphatic carbocycles. The third-order valence-corrected chi connectivity index (χ3v) is 4.47. The van der Waals surface area contributed by atoms with Gasteiger partial charge in [-0.3, -0.25) is 14.3 Å². The van der Waals surface area contributed by atoms with Gasteiger partial charge in [0.2, 0.25) is 5.71 Å². The van der Waals surface area contributed by atoms with E-state index >= 15 is 0 Å². The van der Waals surface area contributed by atoms with Crippen LogP contribution in [0.2, 0.25) is 0 Å². The predicted molar refractivity (Wildman–Crippen MR) is 85.8 cm³/mol. The molecule has 1 unspecified atom stereocenters. The predicted octanol–water partition coefficient (Wildman–Crippen LogP) is 1.50. The molecule has 3 aromatic rings. The molecule has 124 valence electrons. The number of piperidine rings is 1. The summed E-state index contributed by atoms with van der Waals surface area (Å²) < 4.78 is 7.38. The molecule has 0 saturated carbocycles. The van der Waals surface area contributed by atoms with Crippen LogP contribution in [0.5, 0.6) is 0 Å². The number of aromatic amines is 1. The number of carbonyl (C=O) groups excluding carboxylic acids is 1. The van der Waals surface area contributed by atoms with Crippen molar-refractivity contribution in [3.05, 3.63) is 46.5 Å². The Morgan fingerprint density at radius 3 is 3.12 bits per heavy atom. The van der Waals surface area contributed by atoms with Gasteiger partial charge in [-0.15, -0.1) is 0 Å². The first-order valence-electron chi connectivity index (χ1n) is 7.90. The van der Waals surface area contributed by atoms with E-state index in [2.05, 4.69) is 15.1 Å². The molecular formula is C16H17N5O3. The third kappa shape index (κ3) is 2.31. The lowest BCUT2D eigenvalue weighted by atomic mass is 10.0. The van der Waals surface area contributed by atoms with Crippen LogP contribution < -0.4 is 5.56 Å². The van der Waals surface area contributed by atoms with E-state index in [1.54, 1.807) is 18.0 Å². The standard InChI is InChI=1S/C16H17N5O3/c1-10-12(13-14(22)17-9-18-15(13)24-10)16(23)20-6-2-4-11(8-20)21-7-3-5-19-21/h3,5,7,9,11H,2,4,6,8H2,1H3,(H,17,18,22). The number of nitrogens with zero attached hydrogens (tertiary/aromatic N) is 4. The van der Waals surface area contributed by atoms with Gasteiger partial charge in [0, 0.05) is 25.5 Å². The average molecular weight is 327 g/mol. The molecule has 4 rings (SSSR count). The fourth-order valence-corrected chi connectivity index (χ4v) is 3.32. The van der Waals surface area contributed by atoms with Crippen LogP contribution in [-0.4, -0.2) is 43.6 Å². The van der Waals surface area contributed by atoms with Gasteiger partial charge in [-0.25, -0.2) is 4.98 Å². The van der Waals surface area contributed by atoms with Gasteiger partial charge in [0.1, 0.15) is 11.1 Å². The van der Waals surface area contributed by atoms with Crippen LogP contribution in [0.25, 0.3) is 11.1 Å². The summed E-state index contributed by atoms with van der Waals surface area (Å²) in [7, 11) is 0. The highest BCUT2D eigenvalue weighted by atomic mass is 16.3. The van der Waals surface area contributed by atoms with Crippen molar-refractivity contribution in [3.63, 3.8) is 0 Å². The number of aryl methyl sites for hydroxylation is 1. The maximum atomic E-state index is 13.0. The second-order valence-electron chi connectivity index (χ2n) is 5.98. The molecule has 0 aromatic carbocycles. The number of hydrogen-bond donors (Lipinski definition) is 1. The lowest BCUT2D eigenvalue weighted by Crippen LogP contribution is -2.41. The molecule has 1 aliphatic rings. The molecule has 1 amide bonds. The van der Waals surface area contributed by atoms with E-state index in [0.29, 0.717) is 24.4 Å².